The third kappa shape index (κ3) is 3.59. The van der Waals surface area contributed by atoms with Crippen molar-refractivity contribution < 1.29 is 4.79 Å². The van der Waals surface area contributed by atoms with Crippen molar-refractivity contribution in [3.05, 3.63) is 60.2 Å². The van der Waals surface area contributed by atoms with Crippen molar-refractivity contribution in [3.63, 3.8) is 0 Å². The molecule has 1 amide bonds. The average molecular weight is 377 g/mol. The first-order valence-electron chi connectivity index (χ1n) is 9.26. The van der Waals surface area contributed by atoms with Crippen LogP contribution < -0.4 is 11.1 Å². The zero-order valence-electron chi connectivity index (χ0n) is 15.7. The summed E-state index contributed by atoms with van der Waals surface area (Å²) in [5.74, 6) is 1.06. The van der Waals surface area contributed by atoms with E-state index >= 15 is 0 Å². The van der Waals surface area contributed by atoms with E-state index in [9.17, 15) is 4.79 Å². The van der Waals surface area contributed by atoms with Crippen LogP contribution in [0.2, 0.25) is 0 Å². The molecular formula is C20H23N7O. The summed E-state index contributed by atoms with van der Waals surface area (Å²) < 4.78 is 0. The number of pyridine rings is 1. The molecule has 0 atom stereocenters. The summed E-state index contributed by atoms with van der Waals surface area (Å²) in [6.45, 7) is 1.85. The number of likely N-dealkylation sites (tertiary alicyclic amines) is 1. The molecule has 4 rings (SSSR count). The maximum Gasteiger partial charge on any atom is 0.248 e. The van der Waals surface area contributed by atoms with E-state index in [0.29, 0.717) is 11.4 Å². The molecule has 3 heterocycles. The molecule has 0 bridgehead atoms. The summed E-state index contributed by atoms with van der Waals surface area (Å²) in [6.07, 6.45) is 5.18. The van der Waals surface area contributed by atoms with Gasteiger partial charge in [-0.25, -0.2) is 0 Å². The fourth-order valence-electron chi connectivity index (χ4n) is 3.56. The lowest BCUT2D eigenvalue weighted by atomic mass is 9.86. The highest BCUT2D eigenvalue weighted by Crippen LogP contribution is 2.35. The summed E-state index contributed by atoms with van der Waals surface area (Å²) in [4.78, 5) is 21.3. The van der Waals surface area contributed by atoms with Gasteiger partial charge in [0.25, 0.3) is 0 Å². The summed E-state index contributed by atoms with van der Waals surface area (Å²) in [6, 6.07) is 11.1. The van der Waals surface area contributed by atoms with Gasteiger partial charge in [-0.15, -0.1) is 10.2 Å². The van der Waals surface area contributed by atoms with Crippen LogP contribution in [-0.2, 0) is 5.54 Å². The van der Waals surface area contributed by atoms with Crippen molar-refractivity contribution in [2.24, 2.45) is 5.73 Å². The van der Waals surface area contributed by atoms with Crippen molar-refractivity contribution in [2.75, 3.05) is 25.5 Å². The molecule has 4 N–H and O–H groups in total. The predicted molar refractivity (Wildman–Crippen MR) is 107 cm³/mol. The van der Waals surface area contributed by atoms with Crippen LogP contribution >= 0.6 is 0 Å². The summed E-state index contributed by atoms with van der Waals surface area (Å²) in [5.41, 5.74) is 7.29. The van der Waals surface area contributed by atoms with Crippen LogP contribution in [0.15, 0.2) is 48.8 Å². The number of carbonyl (C=O) groups is 1. The van der Waals surface area contributed by atoms with E-state index in [4.69, 9.17) is 5.73 Å². The number of nitrogens with zero attached hydrogens (tertiary/aromatic N) is 4. The SMILES string of the molecule is CN1CCC(Nc2cccc(C(N)=O)c2)(c2nnc(-c3ccncc3)[nH]2)CC1. The smallest absolute Gasteiger partial charge is 0.248 e. The Labute approximate surface area is 163 Å². The second-order valence-electron chi connectivity index (χ2n) is 7.21. The normalized spacial score (nSPS) is 16.6. The molecule has 28 heavy (non-hydrogen) atoms. The molecule has 1 aliphatic rings. The van der Waals surface area contributed by atoms with Gasteiger partial charge in [-0.3, -0.25) is 9.78 Å². The number of aromatic nitrogens is 4. The molecule has 8 nitrogen and oxygen atoms in total. The third-order valence-electron chi connectivity index (χ3n) is 5.27. The number of amides is 1. The van der Waals surface area contributed by atoms with Gasteiger partial charge in [0.1, 0.15) is 0 Å². The molecule has 144 valence electrons. The van der Waals surface area contributed by atoms with Gasteiger partial charge in [0.2, 0.25) is 5.91 Å². The van der Waals surface area contributed by atoms with Crippen LogP contribution in [0.1, 0.15) is 29.0 Å². The fourth-order valence-corrected chi connectivity index (χ4v) is 3.56. The largest absolute Gasteiger partial charge is 0.373 e. The van der Waals surface area contributed by atoms with Crippen molar-refractivity contribution in [1.29, 1.82) is 0 Å². The highest BCUT2D eigenvalue weighted by molar-refractivity contribution is 5.93. The molecule has 1 aliphatic heterocycles. The number of hydrogen-bond donors (Lipinski definition) is 3. The number of nitrogens with two attached hydrogens (primary N) is 1. The molecule has 0 aliphatic carbocycles. The summed E-state index contributed by atoms with van der Waals surface area (Å²) >= 11 is 0. The highest BCUT2D eigenvalue weighted by atomic mass is 16.1. The Morgan fingerprint density at radius 3 is 2.64 bits per heavy atom. The van der Waals surface area contributed by atoms with Crippen molar-refractivity contribution in [3.8, 4) is 11.4 Å². The number of primary amides is 1. The average Bonchev–Trinajstić information content (AvgIpc) is 3.22. The Morgan fingerprint density at radius 1 is 1.18 bits per heavy atom. The Hall–Kier alpha value is -3.26. The van der Waals surface area contributed by atoms with Crippen molar-refractivity contribution in [2.45, 2.75) is 18.4 Å². The molecule has 2 aromatic heterocycles. The van der Waals surface area contributed by atoms with Crippen LogP contribution in [0.5, 0.6) is 0 Å². The fraction of sp³-hybridized carbons (Fsp3) is 0.300. The topological polar surface area (TPSA) is 113 Å². The lowest BCUT2D eigenvalue weighted by molar-refractivity contribution is 0.100. The van der Waals surface area contributed by atoms with E-state index in [-0.39, 0.29) is 0 Å². The molecule has 1 aromatic carbocycles. The van der Waals surface area contributed by atoms with E-state index < -0.39 is 11.4 Å². The molecule has 1 saturated heterocycles. The van der Waals surface area contributed by atoms with Crippen LogP contribution in [0, 0.1) is 0 Å². The molecule has 0 saturated carbocycles. The Morgan fingerprint density at radius 2 is 1.93 bits per heavy atom. The predicted octanol–water partition coefficient (Wildman–Crippen LogP) is 2.00. The zero-order valence-corrected chi connectivity index (χ0v) is 15.7. The van der Waals surface area contributed by atoms with Gasteiger partial charge in [-0.1, -0.05) is 6.07 Å². The number of piperidine rings is 1. The van der Waals surface area contributed by atoms with E-state index in [1.54, 1.807) is 24.5 Å². The van der Waals surface area contributed by atoms with Crippen molar-refractivity contribution in [1.82, 2.24) is 25.1 Å². The second-order valence-corrected chi connectivity index (χ2v) is 7.21. The van der Waals surface area contributed by atoms with Gasteiger partial charge < -0.3 is 20.9 Å². The van der Waals surface area contributed by atoms with E-state index in [0.717, 1.165) is 43.0 Å². The molecule has 0 spiro atoms. The molecule has 8 heteroatoms. The first-order chi connectivity index (χ1) is 13.6. The quantitative estimate of drug-likeness (QED) is 0.627. The number of aromatic amines is 1. The van der Waals surface area contributed by atoms with Gasteiger partial charge in [0, 0.05) is 42.3 Å². The minimum atomic E-state index is -0.444. The van der Waals surface area contributed by atoms with Gasteiger partial charge in [-0.2, -0.15) is 0 Å². The molecular weight excluding hydrogens is 354 g/mol. The maximum absolute atomic E-state index is 11.6. The second kappa shape index (κ2) is 7.40. The molecule has 0 unspecified atom stereocenters. The lowest BCUT2D eigenvalue weighted by Crippen LogP contribution is -2.46. The van der Waals surface area contributed by atoms with Gasteiger partial charge in [-0.05, 0) is 50.2 Å². The maximum atomic E-state index is 11.6. The number of H-pyrrole nitrogens is 1. The Bertz CT molecular complexity index is 961. The highest BCUT2D eigenvalue weighted by Gasteiger charge is 2.38. The lowest BCUT2D eigenvalue weighted by Gasteiger charge is -2.40. The number of hydrogen-bond acceptors (Lipinski definition) is 6. The first-order valence-corrected chi connectivity index (χ1v) is 9.26. The molecule has 3 aromatic rings. The van der Waals surface area contributed by atoms with Gasteiger partial charge in [0.05, 0.1) is 5.54 Å². The Kier molecular flexibility index (Phi) is 4.79. The van der Waals surface area contributed by atoms with Crippen LogP contribution in [0.4, 0.5) is 5.69 Å². The summed E-state index contributed by atoms with van der Waals surface area (Å²) in [7, 11) is 2.11. The minimum absolute atomic E-state index is 0.402. The van der Waals surface area contributed by atoms with E-state index in [2.05, 4.69) is 37.4 Å². The third-order valence-corrected chi connectivity index (χ3v) is 5.27. The summed E-state index contributed by atoms with van der Waals surface area (Å²) in [5, 5.41) is 12.4. The first kappa shape index (κ1) is 18.1. The number of rotatable bonds is 5. The zero-order chi connectivity index (χ0) is 19.6. The Balaban J connectivity index is 1.68. The number of carbonyl (C=O) groups excluding carboxylic acids is 1. The number of benzene rings is 1. The number of nitrogens with one attached hydrogen (secondary N) is 2. The van der Waals surface area contributed by atoms with Gasteiger partial charge in [0.15, 0.2) is 11.6 Å². The van der Waals surface area contributed by atoms with E-state index in [1.165, 1.54) is 0 Å². The standard InChI is InChI=1S/C20H23N7O/c1-27-11-7-20(8-12-27,24-16-4-2-3-15(13-16)17(21)28)19-23-18(25-26-19)14-5-9-22-10-6-14/h2-6,9-10,13,24H,7-8,11-12H2,1H3,(H2,21,28)(H,23,25,26). The van der Waals surface area contributed by atoms with Gasteiger partial charge >= 0.3 is 0 Å². The molecule has 1 fully saturated rings. The van der Waals surface area contributed by atoms with Crippen LogP contribution in [0.3, 0.4) is 0 Å². The van der Waals surface area contributed by atoms with E-state index in [1.807, 2.05) is 24.3 Å². The van der Waals surface area contributed by atoms with Crippen molar-refractivity contribution >= 4 is 11.6 Å². The molecule has 0 radical (unpaired) electrons. The monoisotopic (exact) mass is 377 g/mol. The van der Waals surface area contributed by atoms with Crippen LogP contribution in [-0.4, -0.2) is 51.1 Å². The minimum Gasteiger partial charge on any atom is -0.373 e. The van der Waals surface area contributed by atoms with Crippen LogP contribution in [0.25, 0.3) is 11.4 Å². The number of anilines is 1.